The summed E-state index contributed by atoms with van der Waals surface area (Å²) in [6.45, 7) is 7.71. The smallest absolute Gasteiger partial charge is 0.224 e. The van der Waals surface area contributed by atoms with Gasteiger partial charge in [0.2, 0.25) is 5.91 Å². The molecule has 4 unspecified atom stereocenters. The molecule has 0 aromatic rings. The van der Waals surface area contributed by atoms with E-state index < -0.39 is 0 Å². The first-order valence-electron chi connectivity index (χ1n) is 8.52. The Balaban J connectivity index is 1.55. The number of rotatable bonds is 4. The number of morpholine rings is 1. The third-order valence-corrected chi connectivity index (χ3v) is 5.27. The van der Waals surface area contributed by atoms with Gasteiger partial charge < -0.3 is 20.3 Å². The molecule has 5 heteroatoms. The van der Waals surface area contributed by atoms with Gasteiger partial charge >= 0.3 is 0 Å². The minimum absolute atomic E-state index is 0.302. The average Bonchev–Trinajstić information content (AvgIpc) is 3.07. The van der Waals surface area contributed by atoms with Crippen LogP contribution in [0, 0.1) is 5.92 Å². The molecule has 3 rings (SSSR count). The second-order valence-electron chi connectivity index (χ2n) is 7.04. The Hall–Kier alpha value is -0.650. The van der Waals surface area contributed by atoms with E-state index in [0.717, 1.165) is 26.3 Å². The number of nitrogens with one attached hydrogen (secondary N) is 2. The molecule has 0 radical (unpaired) electrons. The van der Waals surface area contributed by atoms with Crippen molar-refractivity contribution in [1.29, 1.82) is 0 Å². The van der Waals surface area contributed by atoms with Gasteiger partial charge in [-0.3, -0.25) is 4.79 Å². The summed E-state index contributed by atoms with van der Waals surface area (Å²) in [6, 6.07) is 1.67. The Morgan fingerprint density at radius 2 is 2.24 bits per heavy atom. The molecule has 2 saturated heterocycles. The van der Waals surface area contributed by atoms with Crippen LogP contribution in [0.5, 0.6) is 0 Å². The number of ether oxygens (including phenoxy) is 1. The van der Waals surface area contributed by atoms with E-state index in [4.69, 9.17) is 4.74 Å². The van der Waals surface area contributed by atoms with Crippen molar-refractivity contribution in [2.45, 2.75) is 63.7 Å². The number of carbonyl (C=O) groups excluding carboxylic acids is 1. The van der Waals surface area contributed by atoms with Gasteiger partial charge in [0.15, 0.2) is 0 Å². The van der Waals surface area contributed by atoms with Gasteiger partial charge in [0, 0.05) is 43.7 Å². The number of nitrogens with zero attached hydrogens (tertiary/aromatic N) is 1. The molecule has 1 aliphatic carbocycles. The highest BCUT2D eigenvalue weighted by molar-refractivity contribution is 5.79. The van der Waals surface area contributed by atoms with Crippen molar-refractivity contribution >= 4 is 5.91 Å². The second kappa shape index (κ2) is 6.63. The summed E-state index contributed by atoms with van der Waals surface area (Å²) in [6.07, 6.45) is 4.45. The van der Waals surface area contributed by atoms with Crippen molar-refractivity contribution in [2.24, 2.45) is 5.92 Å². The zero-order valence-electron chi connectivity index (χ0n) is 13.3. The maximum absolute atomic E-state index is 12.0. The zero-order chi connectivity index (χ0) is 14.8. The van der Waals surface area contributed by atoms with E-state index in [1.165, 1.54) is 19.3 Å². The molecule has 3 aliphatic rings. The van der Waals surface area contributed by atoms with Crippen molar-refractivity contribution in [3.63, 3.8) is 0 Å². The van der Waals surface area contributed by atoms with Crippen LogP contribution in [0.2, 0.25) is 0 Å². The van der Waals surface area contributed by atoms with Crippen molar-refractivity contribution < 1.29 is 9.53 Å². The number of amides is 1. The Kier molecular flexibility index (Phi) is 4.82. The van der Waals surface area contributed by atoms with Crippen molar-refractivity contribution in [3.05, 3.63) is 0 Å². The van der Waals surface area contributed by atoms with Gasteiger partial charge in [0.1, 0.15) is 0 Å². The number of hydrogen-bond acceptors (Lipinski definition) is 4. The monoisotopic (exact) mass is 295 g/mol. The van der Waals surface area contributed by atoms with E-state index >= 15 is 0 Å². The maximum Gasteiger partial charge on any atom is 0.224 e. The molecule has 0 spiro atoms. The maximum atomic E-state index is 12.0. The first-order chi connectivity index (χ1) is 10.1. The molecule has 4 atom stereocenters. The fourth-order valence-corrected chi connectivity index (χ4v) is 4.18. The fourth-order valence-electron chi connectivity index (χ4n) is 4.18. The van der Waals surface area contributed by atoms with Crippen LogP contribution in [0.25, 0.3) is 0 Å². The predicted octanol–water partition coefficient (Wildman–Crippen LogP) is 0.742. The lowest BCUT2D eigenvalue weighted by Crippen LogP contribution is -2.52. The molecule has 2 N–H and O–H groups in total. The summed E-state index contributed by atoms with van der Waals surface area (Å²) in [5, 5.41) is 7.39. The molecule has 5 nitrogen and oxygen atoms in total. The number of carbonyl (C=O) groups is 1. The first kappa shape index (κ1) is 15.3. The van der Waals surface area contributed by atoms with E-state index in [1.807, 2.05) is 4.90 Å². The highest BCUT2D eigenvalue weighted by atomic mass is 16.5. The molecule has 3 fully saturated rings. The largest absolute Gasteiger partial charge is 0.379 e. The fraction of sp³-hybridized carbons (Fsp3) is 0.938. The molecular weight excluding hydrogens is 266 g/mol. The normalized spacial score (nSPS) is 37.7. The lowest BCUT2D eigenvalue weighted by molar-refractivity contribution is -0.129. The summed E-state index contributed by atoms with van der Waals surface area (Å²) in [4.78, 5) is 14.0. The minimum Gasteiger partial charge on any atom is -0.379 e. The standard InChI is InChI=1S/C16H29N3O2/c1-11(2)19-9-12(8-16(19)20)18-14-5-3-4-13(14)15-10-21-7-6-17-15/h11-15,17-18H,3-10H2,1-2H3. The molecule has 0 bridgehead atoms. The van der Waals surface area contributed by atoms with Crippen LogP contribution in [-0.2, 0) is 9.53 Å². The second-order valence-corrected chi connectivity index (χ2v) is 7.04. The highest BCUT2D eigenvalue weighted by Gasteiger charge is 2.38. The zero-order valence-corrected chi connectivity index (χ0v) is 13.3. The van der Waals surface area contributed by atoms with E-state index in [1.54, 1.807) is 0 Å². The van der Waals surface area contributed by atoms with Gasteiger partial charge in [0.05, 0.1) is 13.2 Å². The summed E-state index contributed by atoms with van der Waals surface area (Å²) < 4.78 is 5.63. The summed E-state index contributed by atoms with van der Waals surface area (Å²) in [5.41, 5.74) is 0. The van der Waals surface area contributed by atoms with E-state index in [2.05, 4.69) is 24.5 Å². The van der Waals surface area contributed by atoms with Crippen LogP contribution in [0.15, 0.2) is 0 Å². The van der Waals surface area contributed by atoms with Crippen molar-refractivity contribution in [1.82, 2.24) is 15.5 Å². The van der Waals surface area contributed by atoms with Gasteiger partial charge in [-0.15, -0.1) is 0 Å². The first-order valence-corrected chi connectivity index (χ1v) is 8.52. The van der Waals surface area contributed by atoms with Crippen molar-refractivity contribution in [3.8, 4) is 0 Å². The molecule has 0 aromatic carbocycles. The molecule has 1 amide bonds. The van der Waals surface area contributed by atoms with Crippen molar-refractivity contribution in [2.75, 3.05) is 26.3 Å². The van der Waals surface area contributed by atoms with E-state index in [9.17, 15) is 4.79 Å². The quantitative estimate of drug-likeness (QED) is 0.803. The molecule has 120 valence electrons. The Morgan fingerprint density at radius 1 is 1.38 bits per heavy atom. The lowest BCUT2D eigenvalue weighted by Gasteiger charge is -2.34. The third-order valence-electron chi connectivity index (χ3n) is 5.27. The lowest BCUT2D eigenvalue weighted by atomic mass is 9.93. The van der Waals surface area contributed by atoms with E-state index in [-0.39, 0.29) is 0 Å². The summed E-state index contributed by atoms with van der Waals surface area (Å²) in [7, 11) is 0. The average molecular weight is 295 g/mol. The van der Waals surface area contributed by atoms with Gasteiger partial charge in [-0.2, -0.15) is 0 Å². The van der Waals surface area contributed by atoms with Crippen LogP contribution >= 0.6 is 0 Å². The highest BCUT2D eigenvalue weighted by Crippen LogP contribution is 2.30. The van der Waals surface area contributed by atoms with Crippen LogP contribution in [-0.4, -0.2) is 61.3 Å². The van der Waals surface area contributed by atoms with Gasteiger partial charge in [0.25, 0.3) is 0 Å². The molecular formula is C16H29N3O2. The van der Waals surface area contributed by atoms with Crippen LogP contribution < -0.4 is 10.6 Å². The van der Waals surface area contributed by atoms with Crippen LogP contribution in [0.4, 0.5) is 0 Å². The topological polar surface area (TPSA) is 53.6 Å². The van der Waals surface area contributed by atoms with Crippen LogP contribution in [0.3, 0.4) is 0 Å². The predicted molar refractivity (Wildman–Crippen MR) is 82.1 cm³/mol. The van der Waals surface area contributed by atoms with Gasteiger partial charge in [-0.1, -0.05) is 6.42 Å². The Labute approximate surface area is 127 Å². The molecule has 21 heavy (non-hydrogen) atoms. The minimum atomic E-state index is 0.302. The third kappa shape index (κ3) is 3.41. The molecule has 2 heterocycles. The Morgan fingerprint density at radius 3 is 2.90 bits per heavy atom. The van der Waals surface area contributed by atoms with Gasteiger partial charge in [-0.25, -0.2) is 0 Å². The number of likely N-dealkylation sites (tertiary alicyclic amines) is 1. The Bertz CT molecular complexity index is 369. The van der Waals surface area contributed by atoms with Gasteiger partial charge in [-0.05, 0) is 32.6 Å². The van der Waals surface area contributed by atoms with E-state index in [0.29, 0.717) is 42.4 Å². The summed E-state index contributed by atoms with van der Waals surface area (Å²) in [5.74, 6) is 0.949. The molecule has 0 aromatic heterocycles. The summed E-state index contributed by atoms with van der Waals surface area (Å²) >= 11 is 0. The molecule has 1 saturated carbocycles. The SMILES string of the molecule is CC(C)N1CC(NC2CCCC2C2COCCN2)CC1=O. The number of hydrogen-bond donors (Lipinski definition) is 2. The molecule has 2 aliphatic heterocycles. The van der Waals surface area contributed by atoms with Crippen LogP contribution in [0.1, 0.15) is 39.5 Å².